The Hall–Kier alpha value is -1.83. The van der Waals surface area contributed by atoms with Crippen LogP contribution >= 0.6 is 0 Å². The molecule has 1 rings (SSSR count). The maximum absolute atomic E-state index is 13.0. The molecule has 2 N–H and O–H groups in total. The number of hydrogen-bond donors (Lipinski definition) is 2. The Morgan fingerprint density at radius 1 is 0.508 bits per heavy atom. The van der Waals surface area contributed by atoms with E-state index in [0.29, 0.717) is 52.0 Å². The quantitative estimate of drug-likeness (QED) is 0.0445. The molecule has 1 amide bonds. The SMILES string of the molecule is CCCCCCCCC(CCCCCC)C(=O)OCCOCCOCC(COCCOCCOC(=O)C(CCCCCC)CCCCCCCC)NC(=O)CCCN1CC(CO)C1. The lowest BCUT2D eigenvalue weighted by Gasteiger charge is -2.38. The van der Waals surface area contributed by atoms with Crippen LogP contribution in [0.4, 0.5) is 0 Å². The summed E-state index contributed by atoms with van der Waals surface area (Å²) in [6, 6.07) is -0.344. The molecule has 1 aliphatic rings. The van der Waals surface area contributed by atoms with Crippen molar-refractivity contribution >= 4 is 17.8 Å². The van der Waals surface area contributed by atoms with Crippen molar-refractivity contribution in [3.63, 3.8) is 0 Å². The molecule has 12 heteroatoms. The van der Waals surface area contributed by atoms with E-state index in [1.807, 2.05) is 0 Å². The maximum Gasteiger partial charge on any atom is 0.309 e. The van der Waals surface area contributed by atoms with Crippen LogP contribution in [0.5, 0.6) is 0 Å². The minimum absolute atomic E-state index is 0.0291. The highest BCUT2D eigenvalue weighted by Crippen LogP contribution is 2.22. The molecule has 0 aliphatic carbocycles. The molecule has 0 aromatic carbocycles. The van der Waals surface area contributed by atoms with E-state index in [2.05, 4.69) is 37.9 Å². The van der Waals surface area contributed by atoms with E-state index in [9.17, 15) is 19.5 Å². The number of aliphatic hydroxyl groups excluding tert-OH is 1. The second kappa shape index (κ2) is 44.0. The normalized spacial score (nSPS) is 14.6. The van der Waals surface area contributed by atoms with Crippen molar-refractivity contribution in [2.45, 2.75) is 201 Å². The fraction of sp³-hybridized carbons (Fsp3) is 0.941. The van der Waals surface area contributed by atoms with Crippen LogP contribution in [-0.2, 0) is 42.8 Å². The Labute approximate surface area is 385 Å². The molecule has 0 aromatic heterocycles. The number of hydrogen-bond acceptors (Lipinski definition) is 11. The Morgan fingerprint density at radius 2 is 0.873 bits per heavy atom. The molecule has 0 aromatic rings. The van der Waals surface area contributed by atoms with Crippen molar-refractivity contribution in [3.05, 3.63) is 0 Å². The zero-order valence-electron chi connectivity index (χ0n) is 41.2. The molecule has 0 bridgehead atoms. The first kappa shape index (κ1) is 59.2. The number of amides is 1. The Bertz CT molecular complexity index is 986. The second-order valence-corrected chi connectivity index (χ2v) is 18.1. The van der Waals surface area contributed by atoms with Gasteiger partial charge in [0.05, 0.1) is 70.7 Å². The Morgan fingerprint density at radius 3 is 1.29 bits per heavy atom. The van der Waals surface area contributed by atoms with Crippen molar-refractivity contribution < 1.29 is 47.9 Å². The molecule has 0 spiro atoms. The molecular formula is C51H98N2O10. The van der Waals surface area contributed by atoms with Gasteiger partial charge in [-0.1, -0.05) is 156 Å². The van der Waals surface area contributed by atoms with E-state index < -0.39 is 0 Å². The van der Waals surface area contributed by atoms with Gasteiger partial charge in [-0.15, -0.1) is 0 Å². The summed E-state index contributed by atoms with van der Waals surface area (Å²) in [7, 11) is 0. The third kappa shape index (κ3) is 35.1. The number of ether oxygens (including phenoxy) is 6. The number of aliphatic hydroxyl groups is 1. The smallest absolute Gasteiger partial charge is 0.309 e. The number of esters is 2. The number of carbonyl (C=O) groups is 3. The minimum Gasteiger partial charge on any atom is -0.463 e. The average Bonchev–Trinajstić information content (AvgIpc) is 3.26. The summed E-state index contributed by atoms with van der Waals surface area (Å²) in [4.78, 5) is 41.0. The number of rotatable bonds is 48. The molecule has 63 heavy (non-hydrogen) atoms. The van der Waals surface area contributed by atoms with Crippen molar-refractivity contribution in [1.82, 2.24) is 10.2 Å². The zero-order chi connectivity index (χ0) is 45.9. The van der Waals surface area contributed by atoms with Gasteiger partial charge in [-0.05, 0) is 38.6 Å². The Balaban J connectivity index is 2.42. The summed E-state index contributed by atoms with van der Waals surface area (Å²) in [5.74, 6) is 0.0503. The second-order valence-electron chi connectivity index (χ2n) is 18.1. The predicted octanol–water partition coefficient (Wildman–Crippen LogP) is 10.0. The molecular weight excluding hydrogens is 801 g/mol. The van der Waals surface area contributed by atoms with Crippen molar-refractivity contribution in [2.75, 3.05) is 92.3 Å². The summed E-state index contributed by atoms with van der Waals surface area (Å²) in [6.07, 6.45) is 28.6. The first-order chi connectivity index (χ1) is 30.9. The Kier molecular flexibility index (Phi) is 41.4. The van der Waals surface area contributed by atoms with E-state index in [0.717, 1.165) is 90.3 Å². The molecule has 1 fully saturated rings. The van der Waals surface area contributed by atoms with Gasteiger partial charge in [-0.3, -0.25) is 14.4 Å². The highest BCUT2D eigenvalue weighted by Gasteiger charge is 2.25. The van der Waals surface area contributed by atoms with Gasteiger partial charge in [0.1, 0.15) is 13.2 Å². The van der Waals surface area contributed by atoms with Crippen LogP contribution in [0.15, 0.2) is 0 Å². The highest BCUT2D eigenvalue weighted by molar-refractivity contribution is 5.76. The fourth-order valence-corrected chi connectivity index (χ4v) is 8.14. The zero-order valence-corrected chi connectivity index (χ0v) is 41.2. The maximum atomic E-state index is 13.0. The van der Waals surface area contributed by atoms with Crippen LogP contribution in [0.3, 0.4) is 0 Å². The van der Waals surface area contributed by atoms with Crippen LogP contribution in [0.2, 0.25) is 0 Å². The van der Waals surface area contributed by atoms with E-state index in [1.54, 1.807) is 0 Å². The standard InChI is InChI=1S/C51H98N2O10/c1-5-9-13-17-19-23-28-46(26-21-15-11-7-3)50(56)62-38-36-58-32-34-60-43-48(52-49(55)30-25-31-53-40-45(41-53)42-54)44-61-35-33-59-37-39-63-51(57)47(27-22-16-12-8-4)29-24-20-18-14-10-6-2/h45-48,54H,5-44H2,1-4H3,(H,52,55). The van der Waals surface area contributed by atoms with Gasteiger partial charge in [0.15, 0.2) is 0 Å². The molecule has 1 aliphatic heterocycles. The lowest BCUT2D eigenvalue weighted by Crippen LogP contribution is -2.48. The summed E-state index contributed by atoms with van der Waals surface area (Å²) in [6.45, 7) is 14.7. The molecule has 372 valence electrons. The topological polar surface area (TPSA) is 142 Å². The van der Waals surface area contributed by atoms with Gasteiger partial charge in [-0.2, -0.15) is 0 Å². The molecule has 1 heterocycles. The van der Waals surface area contributed by atoms with Crippen LogP contribution < -0.4 is 5.32 Å². The third-order valence-electron chi connectivity index (χ3n) is 12.2. The van der Waals surface area contributed by atoms with Gasteiger partial charge in [0.25, 0.3) is 0 Å². The van der Waals surface area contributed by atoms with E-state index in [-0.39, 0.29) is 68.8 Å². The molecule has 12 nitrogen and oxygen atoms in total. The van der Waals surface area contributed by atoms with Gasteiger partial charge in [0.2, 0.25) is 5.91 Å². The molecule has 0 saturated carbocycles. The lowest BCUT2D eigenvalue weighted by atomic mass is 9.94. The number of nitrogens with one attached hydrogen (secondary N) is 1. The van der Waals surface area contributed by atoms with E-state index >= 15 is 0 Å². The van der Waals surface area contributed by atoms with Crippen molar-refractivity contribution in [1.29, 1.82) is 0 Å². The van der Waals surface area contributed by atoms with Gasteiger partial charge in [0, 0.05) is 32.0 Å². The fourth-order valence-electron chi connectivity index (χ4n) is 8.14. The van der Waals surface area contributed by atoms with Crippen molar-refractivity contribution in [3.8, 4) is 0 Å². The first-order valence-electron chi connectivity index (χ1n) is 26.1. The van der Waals surface area contributed by atoms with Crippen LogP contribution in [0, 0.1) is 17.8 Å². The molecule has 2 unspecified atom stereocenters. The first-order valence-corrected chi connectivity index (χ1v) is 26.1. The number of carbonyl (C=O) groups excluding carboxylic acids is 3. The van der Waals surface area contributed by atoms with E-state index in [1.165, 1.54) is 89.9 Å². The van der Waals surface area contributed by atoms with Crippen LogP contribution in [0.25, 0.3) is 0 Å². The van der Waals surface area contributed by atoms with Gasteiger partial charge < -0.3 is 43.7 Å². The van der Waals surface area contributed by atoms with Gasteiger partial charge >= 0.3 is 11.9 Å². The average molecular weight is 899 g/mol. The lowest BCUT2D eigenvalue weighted by molar-refractivity contribution is -0.151. The minimum atomic E-state index is -0.344. The van der Waals surface area contributed by atoms with E-state index in [4.69, 9.17) is 28.4 Å². The van der Waals surface area contributed by atoms with Crippen molar-refractivity contribution in [2.24, 2.45) is 17.8 Å². The highest BCUT2D eigenvalue weighted by atomic mass is 16.6. The molecule has 0 radical (unpaired) electrons. The summed E-state index contributed by atoms with van der Waals surface area (Å²) in [5.41, 5.74) is 0. The summed E-state index contributed by atoms with van der Waals surface area (Å²) < 4.78 is 34.5. The summed E-state index contributed by atoms with van der Waals surface area (Å²) >= 11 is 0. The van der Waals surface area contributed by atoms with Gasteiger partial charge in [-0.25, -0.2) is 0 Å². The number of likely N-dealkylation sites (tertiary alicyclic amines) is 1. The molecule has 1 saturated heterocycles. The summed E-state index contributed by atoms with van der Waals surface area (Å²) in [5, 5.41) is 12.3. The number of unbranched alkanes of at least 4 members (excludes halogenated alkanes) is 16. The molecule has 2 atom stereocenters. The predicted molar refractivity (Wildman–Crippen MR) is 254 cm³/mol. The van der Waals surface area contributed by atoms with Crippen LogP contribution in [0.1, 0.15) is 195 Å². The number of nitrogens with zero attached hydrogens (tertiary/aromatic N) is 1. The largest absolute Gasteiger partial charge is 0.463 e. The monoisotopic (exact) mass is 899 g/mol. The third-order valence-corrected chi connectivity index (χ3v) is 12.2. The van der Waals surface area contributed by atoms with Crippen LogP contribution in [-0.4, -0.2) is 126 Å².